The van der Waals surface area contributed by atoms with Crippen LogP contribution in [0.4, 0.5) is 0 Å². The van der Waals surface area contributed by atoms with Gasteiger partial charge in [-0.1, -0.05) is 12.1 Å². The van der Waals surface area contributed by atoms with E-state index in [1.165, 1.54) is 0 Å². The highest BCUT2D eigenvalue weighted by Crippen LogP contribution is 2.24. The molecule has 25 heavy (non-hydrogen) atoms. The number of aromatic nitrogens is 1. The fourth-order valence-corrected chi connectivity index (χ4v) is 2.85. The van der Waals surface area contributed by atoms with Gasteiger partial charge in [0.05, 0.1) is 18.7 Å². The molecule has 1 fully saturated rings. The van der Waals surface area contributed by atoms with Crippen LogP contribution in [0.15, 0.2) is 29.1 Å². The number of para-hydroxylation sites is 1. The monoisotopic (exact) mass is 367 g/mol. The summed E-state index contributed by atoms with van der Waals surface area (Å²) in [4.78, 5) is 29.2. The Hall–Kier alpha value is -2.09. The van der Waals surface area contributed by atoms with Crippen molar-refractivity contribution in [3.63, 3.8) is 0 Å². The summed E-state index contributed by atoms with van der Waals surface area (Å²) in [6.07, 6.45) is 0.776. The van der Waals surface area contributed by atoms with Gasteiger partial charge in [-0.15, -0.1) is 12.4 Å². The van der Waals surface area contributed by atoms with Crippen LogP contribution in [0.2, 0.25) is 0 Å². The van der Waals surface area contributed by atoms with Crippen LogP contribution < -0.4 is 10.9 Å². The predicted octanol–water partition coefficient (Wildman–Crippen LogP) is 1.11. The molecule has 0 atom stereocenters. The normalized spacial score (nSPS) is 14.9. The molecule has 7 nitrogen and oxygen atoms in total. The van der Waals surface area contributed by atoms with Gasteiger partial charge in [-0.2, -0.15) is 0 Å². The molecule has 2 heterocycles. The third-order valence-electron chi connectivity index (χ3n) is 4.16. The van der Waals surface area contributed by atoms with E-state index in [-0.39, 0.29) is 23.7 Å². The predicted molar refractivity (Wildman–Crippen MR) is 97.7 cm³/mol. The third kappa shape index (κ3) is 4.50. The highest BCUT2D eigenvalue weighted by atomic mass is 35.5. The zero-order valence-corrected chi connectivity index (χ0v) is 14.6. The van der Waals surface area contributed by atoms with Crippen LogP contribution in [-0.4, -0.2) is 60.3 Å². The number of nitrogens with zero attached hydrogens (tertiary/aromatic N) is 1. The van der Waals surface area contributed by atoms with Crippen molar-refractivity contribution in [3.8, 4) is 5.75 Å². The molecule has 1 aromatic heterocycles. The Balaban J connectivity index is 0.00000225. The second-order valence-corrected chi connectivity index (χ2v) is 5.79. The Morgan fingerprint density at radius 3 is 2.76 bits per heavy atom. The SMILES string of the molecule is Cl.O=C(NCCCN1CCOCC1)c1c(O)c2ccccc2[nH]c1=O. The lowest BCUT2D eigenvalue weighted by atomic mass is 10.1. The standard InChI is InChI=1S/C17H21N3O4.ClH/c21-15-12-4-1-2-5-13(12)19-17(23)14(15)16(22)18-6-3-7-20-8-10-24-11-9-20;/h1-2,4-5H,3,6-11H2,(H,18,22)(H2,19,21,23);1H. The first-order valence-electron chi connectivity index (χ1n) is 8.09. The second-order valence-electron chi connectivity index (χ2n) is 5.79. The average molecular weight is 368 g/mol. The molecule has 0 saturated carbocycles. The van der Waals surface area contributed by atoms with Crippen LogP contribution in [0.3, 0.4) is 0 Å². The number of ether oxygens (including phenoxy) is 1. The van der Waals surface area contributed by atoms with Crippen LogP contribution in [0.25, 0.3) is 10.9 Å². The number of fused-ring (bicyclic) bond motifs is 1. The van der Waals surface area contributed by atoms with Crippen LogP contribution >= 0.6 is 12.4 Å². The first-order valence-corrected chi connectivity index (χ1v) is 8.09. The minimum atomic E-state index is -0.586. The maximum Gasteiger partial charge on any atom is 0.265 e. The summed E-state index contributed by atoms with van der Waals surface area (Å²) in [5.41, 5.74) is -0.319. The number of morpholine rings is 1. The van der Waals surface area contributed by atoms with Crippen molar-refractivity contribution in [2.24, 2.45) is 0 Å². The average Bonchev–Trinajstić information content (AvgIpc) is 2.60. The summed E-state index contributed by atoms with van der Waals surface area (Å²) < 4.78 is 5.29. The van der Waals surface area contributed by atoms with Crippen LogP contribution in [-0.2, 0) is 4.74 Å². The first kappa shape index (κ1) is 19.2. The van der Waals surface area contributed by atoms with E-state index in [0.29, 0.717) is 17.4 Å². The number of aromatic hydroxyl groups is 1. The van der Waals surface area contributed by atoms with E-state index in [9.17, 15) is 14.7 Å². The molecular formula is C17H22ClN3O4. The van der Waals surface area contributed by atoms with E-state index in [4.69, 9.17) is 4.74 Å². The Morgan fingerprint density at radius 1 is 1.28 bits per heavy atom. The Morgan fingerprint density at radius 2 is 2.00 bits per heavy atom. The molecule has 1 aromatic carbocycles. The molecule has 0 bridgehead atoms. The summed E-state index contributed by atoms with van der Waals surface area (Å²) >= 11 is 0. The number of carbonyl (C=O) groups is 1. The number of rotatable bonds is 5. The summed E-state index contributed by atoms with van der Waals surface area (Å²) in [7, 11) is 0. The van der Waals surface area contributed by atoms with Gasteiger partial charge in [0.2, 0.25) is 0 Å². The summed E-state index contributed by atoms with van der Waals surface area (Å²) in [5, 5.41) is 13.4. The van der Waals surface area contributed by atoms with Gasteiger partial charge in [0.25, 0.3) is 11.5 Å². The molecule has 0 aliphatic carbocycles. The van der Waals surface area contributed by atoms with E-state index < -0.39 is 11.5 Å². The van der Waals surface area contributed by atoms with Gasteiger partial charge in [-0.25, -0.2) is 0 Å². The lowest BCUT2D eigenvalue weighted by Crippen LogP contribution is -2.38. The number of aromatic amines is 1. The van der Waals surface area contributed by atoms with E-state index in [2.05, 4.69) is 15.2 Å². The molecule has 2 aromatic rings. The number of amides is 1. The third-order valence-corrected chi connectivity index (χ3v) is 4.16. The van der Waals surface area contributed by atoms with E-state index in [1.54, 1.807) is 24.3 Å². The number of hydrogen-bond donors (Lipinski definition) is 3. The highest BCUT2D eigenvalue weighted by Gasteiger charge is 2.18. The molecule has 136 valence electrons. The van der Waals surface area contributed by atoms with Crippen molar-refractivity contribution in [2.75, 3.05) is 39.4 Å². The summed E-state index contributed by atoms with van der Waals surface area (Å²) in [5.74, 6) is -0.832. The molecule has 3 N–H and O–H groups in total. The quantitative estimate of drug-likeness (QED) is 0.688. The number of nitrogens with one attached hydrogen (secondary N) is 2. The van der Waals surface area contributed by atoms with E-state index in [0.717, 1.165) is 39.3 Å². The molecule has 8 heteroatoms. The molecule has 0 radical (unpaired) electrons. The number of pyridine rings is 1. The van der Waals surface area contributed by atoms with Crippen LogP contribution in [0.1, 0.15) is 16.8 Å². The highest BCUT2D eigenvalue weighted by molar-refractivity contribution is 6.01. The van der Waals surface area contributed by atoms with Gasteiger partial charge < -0.3 is 20.1 Å². The number of halogens is 1. The zero-order valence-electron chi connectivity index (χ0n) is 13.8. The number of H-pyrrole nitrogens is 1. The van der Waals surface area contributed by atoms with Gasteiger partial charge in [0, 0.05) is 25.0 Å². The van der Waals surface area contributed by atoms with Crippen LogP contribution in [0, 0.1) is 0 Å². The Bertz CT molecular complexity index is 787. The molecule has 1 aliphatic rings. The lowest BCUT2D eigenvalue weighted by molar-refractivity contribution is 0.0374. The smallest absolute Gasteiger partial charge is 0.265 e. The van der Waals surface area contributed by atoms with Gasteiger partial charge in [-0.3, -0.25) is 14.5 Å². The Kier molecular flexibility index (Phi) is 6.81. The fourth-order valence-electron chi connectivity index (χ4n) is 2.85. The number of hydrogen-bond acceptors (Lipinski definition) is 5. The van der Waals surface area contributed by atoms with Crippen LogP contribution in [0.5, 0.6) is 5.75 Å². The van der Waals surface area contributed by atoms with Crippen molar-refractivity contribution in [1.29, 1.82) is 0 Å². The summed E-state index contributed by atoms with van der Waals surface area (Å²) in [6, 6.07) is 6.84. The molecule has 1 amide bonds. The first-order chi connectivity index (χ1) is 11.7. The lowest BCUT2D eigenvalue weighted by Gasteiger charge is -2.26. The second kappa shape index (κ2) is 8.84. The van der Waals surface area contributed by atoms with Crippen molar-refractivity contribution in [2.45, 2.75) is 6.42 Å². The number of benzene rings is 1. The largest absolute Gasteiger partial charge is 0.506 e. The van der Waals surface area contributed by atoms with Gasteiger partial charge >= 0.3 is 0 Å². The minimum Gasteiger partial charge on any atom is -0.506 e. The van der Waals surface area contributed by atoms with Crippen molar-refractivity contribution >= 4 is 29.2 Å². The topological polar surface area (TPSA) is 94.7 Å². The van der Waals surface area contributed by atoms with Gasteiger partial charge in [-0.05, 0) is 25.1 Å². The molecule has 1 saturated heterocycles. The van der Waals surface area contributed by atoms with E-state index >= 15 is 0 Å². The molecule has 3 rings (SSSR count). The summed E-state index contributed by atoms with van der Waals surface area (Å²) in [6.45, 7) is 4.60. The minimum absolute atomic E-state index is 0. The molecular weight excluding hydrogens is 346 g/mol. The number of carbonyl (C=O) groups excluding carboxylic acids is 1. The zero-order chi connectivity index (χ0) is 16.9. The Labute approximate surface area is 151 Å². The van der Waals surface area contributed by atoms with Crippen molar-refractivity contribution < 1.29 is 14.6 Å². The maximum atomic E-state index is 12.3. The van der Waals surface area contributed by atoms with E-state index in [1.807, 2.05) is 0 Å². The van der Waals surface area contributed by atoms with Crippen molar-refractivity contribution in [1.82, 2.24) is 15.2 Å². The molecule has 0 spiro atoms. The molecule has 0 unspecified atom stereocenters. The molecule has 1 aliphatic heterocycles. The van der Waals surface area contributed by atoms with Gasteiger partial charge in [0.15, 0.2) is 0 Å². The maximum absolute atomic E-state index is 12.3. The fraction of sp³-hybridized carbons (Fsp3) is 0.412. The van der Waals surface area contributed by atoms with Crippen molar-refractivity contribution in [3.05, 3.63) is 40.2 Å². The van der Waals surface area contributed by atoms with Gasteiger partial charge in [0.1, 0.15) is 11.3 Å².